The number of amides is 4. The van der Waals surface area contributed by atoms with E-state index in [4.69, 9.17) is 4.84 Å². The molecule has 1 aromatic heterocycles. The van der Waals surface area contributed by atoms with Crippen molar-refractivity contribution in [2.24, 2.45) is 0 Å². The number of piperidine rings is 3. The van der Waals surface area contributed by atoms with Gasteiger partial charge in [0.25, 0.3) is 0 Å². The van der Waals surface area contributed by atoms with E-state index in [2.05, 4.69) is 31.8 Å². The molecule has 1 unspecified atom stereocenters. The van der Waals surface area contributed by atoms with E-state index in [0.717, 1.165) is 59.2 Å². The van der Waals surface area contributed by atoms with Gasteiger partial charge >= 0.3 is 12.1 Å². The number of aromatic amines is 1. The number of hydrogen-bond donors (Lipinski definition) is 3. The lowest BCUT2D eigenvalue weighted by atomic mass is 9.97. The van der Waals surface area contributed by atoms with Gasteiger partial charge in [0.05, 0.1) is 11.7 Å². The molecule has 0 radical (unpaired) electrons. The van der Waals surface area contributed by atoms with E-state index < -0.39 is 12.1 Å². The van der Waals surface area contributed by atoms with Crippen LogP contribution in [0.5, 0.6) is 0 Å². The molecule has 3 N–H and O–H groups in total. The Kier molecular flexibility index (Phi) is 9.30. The van der Waals surface area contributed by atoms with Crippen molar-refractivity contribution in [3.8, 4) is 0 Å². The standard InChI is InChI=1S/C35H46N8O4/c1-24-19-25(20-27-22-36-39-32(24)27)21-31(33(44)41-15-9-28(10-16-41)40-13-5-2-6-14-40)38-35(46)47-42-17-11-29(12-18-42)43-23-26-7-3-4-8-30(26)37-34(43)45/h3-4,7-8,19-20,22,28-29,31H,2,5-6,9-18,21,23H2,1H3,(H,36,39)(H,37,45)(H,38,46). The van der Waals surface area contributed by atoms with Crippen LogP contribution in [0, 0.1) is 6.92 Å². The number of aryl methyl sites for hydroxylation is 1. The summed E-state index contributed by atoms with van der Waals surface area (Å²) >= 11 is 0. The van der Waals surface area contributed by atoms with E-state index in [-0.39, 0.29) is 18.0 Å². The molecule has 4 aliphatic heterocycles. The monoisotopic (exact) mass is 642 g/mol. The normalized spacial score (nSPS) is 20.9. The lowest BCUT2D eigenvalue weighted by molar-refractivity contribution is -0.137. The van der Waals surface area contributed by atoms with E-state index in [0.29, 0.717) is 58.0 Å². The molecular formula is C35H46N8O4. The van der Waals surface area contributed by atoms with Crippen molar-refractivity contribution in [2.45, 2.75) is 83.0 Å². The maximum absolute atomic E-state index is 14.0. The average Bonchev–Trinajstić information content (AvgIpc) is 3.58. The van der Waals surface area contributed by atoms with Crippen LogP contribution in [-0.2, 0) is 22.6 Å². The fourth-order valence-corrected chi connectivity index (χ4v) is 7.87. The summed E-state index contributed by atoms with van der Waals surface area (Å²) in [5.74, 6) is -0.0703. The SMILES string of the molecule is Cc1cc(CC(NC(=O)ON2CCC(N3Cc4ccccc4NC3=O)CC2)C(=O)N2CCC(N3CCCCC3)CC2)cc2cn[nH]c12. The maximum Gasteiger partial charge on any atom is 0.426 e. The van der Waals surface area contributed by atoms with Gasteiger partial charge in [-0.15, -0.1) is 5.06 Å². The number of anilines is 1. The van der Waals surface area contributed by atoms with Crippen molar-refractivity contribution in [1.29, 1.82) is 0 Å². The quantitative estimate of drug-likeness (QED) is 0.349. The van der Waals surface area contributed by atoms with Crippen molar-refractivity contribution < 1.29 is 19.2 Å². The molecule has 3 saturated heterocycles. The average molecular weight is 643 g/mol. The van der Waals surface area contributed by atoms with E-state index in [1.165, 1.54) is 19.3 Å². The molecule has 1 atom stereocenters. The van der Waals surface area contributed by atoms with Crippen LogP contribution < -0.4 is 10.6 Å². The lowest BCUT2D eigenvalue weighted by Crippen LogP contribution is -2.55. The van der Waals surface area contributed by atoms with Crippen LogP contribution in [0.15, 0.2) is 42.6 Å². The number of rotatable bonds is 7. The first-order valence-corrected chi connectivity index (χ1v) is 17.3. The minimum absolute atomic E-state index is 0.0505. The second-order valence-electron chi connectivity index (χ2n) is 13.6. The van der Waals surface area contributed by atoms with Crippen LogP contribution in [0.4, 0.5) is 15.3 Å². The number of carbonyl (C=O) groups is 3. The van der Waals surface area contributed by atoms with E-state index in [1.807, 2.05) is 47.1 Å². The summed E-state index contributed by atoms with van der Waals surface area (Å²) in [6.07, 6.45) is 8.61. The summed E-state index contributed by atoms with van der Waals surface area (Å²) in [6.45, 7) is 7.28. The zero-order valence-corrected chi connectivity index (χ0v) is 27.2. The molecule has 2 aromatic carbocycles. The number of hydroxylamine groups is 2. The summed E-state index contributed by atoms with van der Waals surface area (Å²) in [7, 11) is 0. The number of fused-ring (bicyclic) bond motifs is 2. The summed E-state index contributed by atoms with van der Waals surface area (Å²) in [5, 5.41) is 15.8. The highest BCUT2D eigenvalue weighted by atomic mass is 16.7. The Morgan fingerprint density at radius 3 is 2.51 bits per heavy atom. The Morgan fingerprint density at radius 2 is 1.72 bits per heavy atom. The van der Waals surface area contributed by atoms with Gasteiger partial charge in [-0.3, -0.25) is 9.89 Å². The van der Waals surface area contributed by atoms with E-state index >= 15 is 0 Å². The first-order chi connectivity index (χ1) is 22.9. The molecule has 0 spiro atoms. The van der Waals surface area contributed by atoms with E-state index in [1.54, 1.807) is 11.3 Å². The van der Waals surface area contributed by atoms with Crippen LogP contribution in [-0.4, -0.2) is 105 Å². The van der Waals surface area contributed by atoms with E-state index in [9.17, 15) is 14.4 Å². The number of para-hydroxylation sites is 1. The predicted octanol–water partition coefficient (Wildman–Crippen LogP) is 4.41. The van der Waals surface area contributed by atoms with Gasteiger partial charge in [-0.2, -0.15) is 5.10 Å². The highest BCUT2D eigenvalue weighted by Gasteiger charge is 2.35. The van der Waals surface area contributed by atoms with Gasteiger partial charge in [-0.05, 0) is 87.4 Å². The fraction of sp³-hybridized carbons (Fsp3) is 0.543. The van der Waals surface area contributed by atoms with Gasteiger partial charge in [0.1, 0.15) is 6.04 Å². The maximum atomic E-state index is 14.0. The van der Waals surface area contributed by atoms with Gasteiger partial charge in [0.2, 0.25) is 5.91 Å². The first kappa shape index (κ1) is 31.4. The van der Waals surface area contributed by atoms with Crippen molar-refractivity contribution >= 4 is 34.6 Å². The molecule has 4 amide bonds. The molecule has 0 saturated carbocycles. The van der Waals surface area contributed by atoms with Gasteiger partial charge in [0.15, 0.2) is 0 Å². The molecule has 12 nitrogen and oxygen atoms in total. The van der Waals surface area contributed by atoms with Crippen molar-refractivity contribution in [3.63, 3.8) is 0 Å². The summed E-state index contributed by atoms with van der Waals surface area (Å²) in [5.41, 5.74) is 4.93. The minimum Gasteiger partial charge on any atom is -0.351 e. The topological polar surface area (TPSA) is 126 Å². The number of benzene rings is 2. The van der Waals surface area contributed by atoms with Crippen molar-refractivity contribution in [2.75, 3.05) is 44.6 Å². The van der Waals surface area contributed by atoms with Crippen LogP contribution in [0.1, 0.15) is 61.6 Å². The Hall–Kier alpha value is -4.16. The third kappa shape index (κ3) is 7.08. The summed E-state index contributed by atoms with van der Waals surface area (Å²) in [6, 6.07) is 11.7. The smallest absolute Gasteiger partial charge is 0.351 e. The second kappa shape index (κ2) is 13.9. The molecule has 12 heteroatoms. The number of hydrogen-bond acceptors (Lipinski definition) is 7. The first-order valence-electron chi connectivity index (χ1n) is 17.3. The summed E-state index contributed by atoms with van der Waals surface area (Å²) < 4.78 is 0. The minimum atomic E-state index is -0.757. The molecule has 0 bridgehead atoms. The Labute approximate surface area is 275 Å². The molecule has 3 aromatic rings. The highest BCUT2D eigenvalue weighted by molar-refractivity contribution is 5.92. The van der Waals surface area contributed by atoms with Crippen LogP contribution >= 0.6 is 0 Å². The number of aromatic nitrogens is 2. The number of likely N-dealkylation sites (tertiary alicyclic amines) is 2. The summed E-state index contributed by atoms with van der Waals surface area (Å²) in [4.78, 5) is 52.3. The van der Waals surface area contributed by atoms with Gasteiger partial charge < -0.3 is 30.2 Å². The molecule has 47 heavy (non-hydrogen) atoms. The van der Waals surface area contributed by atoms with Crippen LogP contribution in [0.25, 0.3) is 10.9 Å². The predicted molar refractivity (Wildman–Crippen MR) is 179 cm³/mol. The molecule has 250 valence electrons. The number of nitrogens with zero attached hydrogens (tertiary/aromatic N) is 5. The number of carbonyl (C=O) groups excluding carboxylic acids is 3. The number of urea groups is 1. The largest absolute Gasteiger partial charge is 0.426 e. The zero-order chi connectivity index (χ0) is 32.3. The zero-order valence-electron chi connectivity index (χ0n) is 27.2. The van der Waals surface area contributed by atoms with Gasteiger partial charge in [-0.25, -0.2) is 9.59 Å². The Morgan fingerprint density at radius 1 is 0.979 bits per heavy atom. The van der Waals surface area contributed by atoms with Gasteiger partial charge in [0, 0.05) is 62.3 Å². The lowest BCUT2D eigenvalue weighted by Gasteiger charge is -2.41. The van der Waals surface area contributed by atoms with Gasteiger partial charge in [-0.1, -0.05) is 30.7 Å². The second-order valence-corrected chi connectivity index (χ2v) is 13.6. The Balaban J connectivity index is 0.975. The number of nitrogens with one attached hydrogen (secondary N) is 3. The molecular weight excluding hydrogens is 596 g/mol. The van der Waals surface area contributed by atoms with Crippen molar-refractivity contribution in [1.82, 2.24) is 35.3 Å². The fourth-order valence-electron chi connectivity index (χ4n) is 7.87. The highest BCUT2D eigenvalue weighted by Crippen LogP contribution is 2.28. The molecule has 5 heterocycles. The van der Waals surface area contributed by atoms with Crippen LogP contribution in [0.3, 0.4) is 0 Å². The Bertz CT molecular complexity index is 1590. The molecule has 0 aliphatic carbocycles. The van der Waals surface area contributed by atoms with Crippen LogP contribution in [0.2, 0.25) is 0 Å². The molecule has 3 fully saturated rings. The molecule has 4 aliphatic rings. The third-order valence-electron chi connectivity index (χ3n) is 10.5. The number of H-pyrrole nitrogens is 1. The third-order valence-corrected chi connectivity index (χ3v) is 10.5. The van der Waals surface area contributed by atoms with Crippen molar-refractivity contribution in [3.05, 3.63) is 59.3 Å². The molecule has 7 rings (SSSR count).